The van der Waals surface area contributed by atoms with Crippen LogP contribution in [0.5, 0.6) is 28.7 Å². The molecule has 8 rings (SSSR count). The Kier molecular flexibility index (Phi) is 13.5. The van der Waals surface area contributed by atoms with Crippen molar-refractivity contribution in [2.45, 2.75) is 69.2 Å². The standard InChI is InChI=1S/C50H56N2O10/c1-4-26-60-50-46(52(49(55)56-2)31-33-16-22-44-45(27-33)59-32-58-44)30-42(51-57-3)40-28-36(14-8-10-24-53)39(15-9-11-25-54)47(48(40)50)41-29-38(21-23-43(41)62-50)61-37-19-17-35(18-20-37)34-12-6-5-7-13-34/h4-7,12-13,16-23,27-29,36,39,46-48,53-54H,1,8-11,14-15,24-26,30-32H2,2-3H3/t36-,39+,46-,47+,48+,50+/m0/s1. The lowest BCUT2D eigenvalue weighted by Crippen LogP contribution is -2.70. The van der Waals surface area contributed by atoms with E-state index in [1.54, 1.807) is 11.0 Å². The molecule has 12 heteroatoms. The Balaban J connectivity index is 1.27. The number of methoxy groups -OCH3 is 1. The van der Waals surface area contributed by atoms with Crippen LogP contribution in [-0.2, 0) is 20.9 Å². The van der Waals surface area contributed by atoms with Crippen LogP contribution in [0.25, 0.3) is 11.1 Å². The molecule has 1 amide bonds. The van der Waals surface area contributed by atoms with Gasteiger partial charge in [-0.3, -0.25) is 4.90 Å². The van der Waals surface area contributed by atoms with Gasteiger partial charge in [0.2, 0.25) is 12.6 Å². The molecule has 6 atom stereocenters. The summed E-state index contributed by atoms with van der Waals surface area (Å²) in [6.07, 6.45) is 8.27. The van der Waals surface area contributed by atoms with Crippen molar-refractivity contribution in [3.05, 3.63) is 126 Å². The summed E-state index contributed by atoms with van der Waals surface area (Å²) in [6.45, 7) is 4.61. The molecular weight excluding hydrogens is 789 g/mol. The zero-order valence-corrected chi connectivity index (χ0v) is 35.4. The van der Waals surface area contributed by atoms with Crippen molar-refractivity contribution in [1.29, 1.82) is 0 Å². The number of allylic oxidation sites excluding steroid dienone is 1. The van der Waals surface area contributed by atoms with Gasteiger partial charge in [-0.2, -0.15) is 0 Å². The molecule has 4 aliphatic rings. The van der Waals surface area contributed by atoms with Crippen molar-refractivity contribution in [2.24, 2.45) is 22.9 Å². The number of hydrogen-bond donors (Lipinski definition) is 2. The number of fused-ring (bicyclic) bond motifs is 3. The lowest BCUT2D eigenvalue weighted by atomic mass is 9.55. The fourth-order valence-corrected chi connectivity index (χ4v) is 9.96. The normalized spacial score (nSPS) is 23.6. The van der Waals surface area contributed by atoms with Crippen molar-refractivity contribution in [2.75, 3.05) is 40.8 Å². The van der Waals surface area contributed by atoms with Crippen LogP contribution in [0, 0.1) is 17.8 Å². The fraction of sp³-hybridized carbons (Fsp3) is 0.400. The number of hydrogen-bond acceptors (Lipinski definition) is 11. The van der Waals surface area contributed by atoms with Crippen LogP contribution in [0.4, 0.5) is 4.79 Å². The Morgan fingerprint density at radius 3 is 2.34 bits per heavy atom. The van der Waals surface area contributed by atoms with Gasteiger partial charge < -0.3 is 43.5 Å². The average molecular weight is 845 g/mol. The third-order valence-corrected chi connectivity index (χ3v) is 12.6. The number of carbonyl (C=O) groups is 1. The van der Waals surface area contributed by atoms with Gasteiger partial charge in [0.05, 0.1) is 25.3 Å². The van der Waals surface area contributed by atoms with Gasteiger partial charge in [-0.25, -0.2) is 4.79 Å². The quantitative estimate of drug-likeness (QED) is 0.0566. The highest BCUT2D eigenvalue weighted by Gasteiger charge is 2.65. The first-order valence-corrected chi connectivity index (χ1v) is 21.6. The Morgan fingerprint density at radius 2 is 1.60 bits per heavy atom. The Bertz CT molecular complexity index is 2240. The largest absolute Gasteiger partial charge is 0.459 e. The second-order valence-electron chi connectivity index (χ2n) is 16.2. The van der Waals surface area contributed by atoms with Crippen LogP contribution in [0.2, 0.25) is 0 Å². The van der Waals surface area contributed by atoms with E-state index in [2.05, 4.69) is 48.1 Å². The van der Waals surface area contributed by atoms with E-state index in [9.17, 15) is 15.0 Å². The molecule has 0 radical (unpaired) electrons. The highest BCUT2D eigenvalue weighted by Crippen LogP contribution is 2.62. The number of aliphatic hydroxyl groups excluding tert-OH is 2. The third kappa shape index (κ3) is 8.64. The van der Waals surface area contributed by atoms with E-state index in [0.29, 0.717) is 47.3 Å². The van der Waals surface area contributed by atoms with Crippen LogP contribution in [0.15, 0.2) is 120 Å². The first-order valence-electron chi connectivity index (χ1n) is 21.6. The number of amides is 1. The van der Waals surface area contributed by atoms with Gasteiger partial charge in [0.25, 0.3) is 0 Å². The second-order valence-corrected chi connectivity index (χ2v) is 16.2. The van der Waals surface area contributed by atoms with Crippen molar-refractivity contribution < 1.29 is 48.3 Å². The van der Waals surface area contributed by atoms with E-state index in [0.717, 1.165) is 53.5 Å². The predicted octanol–water partition coefficient (Wildman–Crippen LogP) is 9.41. The van der Waals surface area contributed by atoms with E-state index < -0.39 is 23.8 Å². The van der Waals surface area contributed by atoms with Crippen LogP contribution >= 0.6 is 0 Å². The minimum Gasteiger partial charge on any atom is -0.459 e. The number of nitrogens with zero attached hydrogens (tertiary/aromatic N) is 2. The Labute approximate surface area is 363 Å². The van der Waals surface area contributed by atoms with E-state index in [1.807, 2.05) is 60.7 Å². The first-order chi connectivity index (χ1) is 30.4. The molecule has 0 bridgehead atoms. The lowest BCUT2D eigenvalue weighted by Gasteiger charge is -2.59. The molecule has 0 spiro atoms. The van der Waals surface area contributed by atoms with Gasteiger partial charge in [-0.1, -0.05) is 78.7 Å². The Hall–Kier alpha value is -5.82. The second kappa shape index (κ2) is 19.5. The number of benzene rings is 4. The minimum atomic E-state index is -1.45. The lowest BCUT2D eigenvalue weighted by molar-refractivity contribution is -0.256. The van der Waals surface area contributed by atoms with Gasteiger partial charge in [-0.05, 0) is 102 Å². The van der Waals surface area contributed by atoms with E-state index >= 15 is 0 Å². The summed E-state index contributed by atoms with van der Waals surface area (Å²) in [5.41, 5.74) is 5.58. The maximum atomic E-state index is 14.2. The molecule has 12 nitrogen and oxygen atoms in total. The molecule has 326 valence electrons. The summed E-state index contributed by atoms with van der Waals surface area (Å²) in [5, 5.41) is 24.5. The highest BCUT2D eigenvalue weighted by molar-refractivity contribution is 6.03. The fourth-order valence-electron chi connectivity index (χ4n) is 9.96. The van der Waals surface area contributed by atoms with Gasteiger partial charge in [0, 0.05) is 37.7 Å². The van der Waals surface area contributed by atoms with Crippen molar-refractivity contribution in [3.63, 3.8) is 0 Å². The summed E-state index contributed by atoms with van der Waals surface area (Å²) >= 11 is 0. The SMILES string of the molecule is C=CCO[C@@]12Oc3ccc(Oc4ccc(-c5ccccc5)cc4)cc3[C@H]3[C@H](CCCCO)[C@@H](CCCCO)C=C(C(=NOC)C[C@@H]1N(Cc1ccc4c(c1)OCO4)C(=O)OC)[C@H]32. The number of ether oxygens (including phenoxy) is 6. The number of aliphatic hydroxyl groups is 2. The minimum absolute atomic E-state index is 0.0479. The molecule has 0 saturated heterocycles. The monoisotopic (exact) mass is 844 g/mol. The summed E-state index contributed by atoms with van der Waals surface area (Å²) < 4.78 is 37.8. The van der Waals surface area contributed by atoms with E-state index in [1.165, 1.54) is 14.2 Å². The van der Waals surface area contributed by atoms with Gasteiger partial charge in [-0.15, -0.1) is 6.58 Å². The highest BCUT2D eigenvalue weighted by atomic mass is 16.7. The van der Waals surface area contributed by atoms with Gasteiger partial charge in [0.15, 0.2) is 11.5 Å². The van der Waals surface area contributed by atoms with Gasteiger partial charge >= 0.3 is 6.09 Å². The maximum absolute atomic E-state index is 14.2. The first kappa shape index (κ1) is 42.9. The molecule has 4 aromatic rings. The van der Waals surface area contributed by atoms with Gasteiger partial charge in [0.1, 0.15) is 30.4 Å². The third-order valence-electron chi connectivity index (χ3n) is 12.6. The molecule has 0 aromatic heterocycles. The average Bonchev–Trinajstić information content (AvgIpc) is 3.78. The molecule has 2 aliphatic heterocycles. The predicted molar refractivity (Wildman–Crippen MR) is 234 cm³/mol. The molecule has 4 aromatic carbocycles. The number of carbonyl (C=O) groups excluding carboxylic acids is 1. The summed E-state index contributed by atoms with van der Waals surface area (Å²) in [4.78, 5) is 21.5. The maximum Gasteiger partial charge on any atom is 0.410 e. The summed E-state index contributed by atoms with van der Waals surface area (Å²) in [7, 11) is 2.90. The molecule has 0 unspecified atom stereocenters. The number of rotatable bonds is 18. The molecule has 1 fully saturated rings. The molecule has 2 aliphatic carbocycles. The van der Waals surface area contributed by atoms with Crippen LogP contribution in [0.3, 0.4) is 0 Å². The smallest absolute Gasteiger partial charge is 0.410 e. The summed E-state index contributed by atoms with van der Waals surface area (Å²) in [5.74, 6) is 1.17. The van der Waals surface area contributed by atoms with Crippen LogP contribution in [0.1, 0.15) is 62.0 Å². The Morgan fingerprint density at radius 1 is 0.871 bits per heavy atom. The van der Waals surface area contributed by atoms with Crippen molar-refractivity contribution in [1.82, 2.24) is 4.90 Å². The van der Waals surface area contributed by atoms with Crippen molar-refractivity contribution >= 4 is 11.8 Å². The zero-order valence-electron chi connectivity index (χ0n) is 35.4. The summed E-state index contributed by atoms with van der Waals surface area (Å²) in [6, 6.07) is 29.1. The van der Waals surface area contributed by atoms with Crippen molar-refractivity contribution in [3.8, 4) is 39.9 Å². The molecule has 2 N–H and O–H groups in total. The van der Waals surface area contributed by atoms with Crippen LogP contribution in [-0.4, -0.2) is 79.6 Å². The number of unbranched alkanes of at least 4 members (excludes halogenated alkanes) is 2. The van der Waals surface area contributed by atoms with E-state index in [4.69, 9.17) is 33.3 Å². The molecule has 2 heterocycles. The van der Waals surface area contributed by atoms with Crippen LogP contribution < -0.4 is 18.9 Å². The zero-order chi connectivity index (χ0) is 43.1. The molecule has 62 heavy (non-hydrogen) atoms. The number of oxime groups is 1. The topological polar surface area (TPSA) is 138 Å². The molecule has 1 saturated carbocycles. The van der Waals surface area contributed by atoms with E-state index in [-0.39, 0.29) is 57.3 Å². The molecular formula is C50H56N2O10.